The van der Waals surface area contributed by atoms with Crippen molar-refractivity contribution in [3.63, 3.8) is 0 Å². The molecule has 4 atom stereocenters. The highest BCUT2D eigenvalue weighted by molar-refractivity contribution is 5.98. The molecule has 2 N–H and O–H groups in total. The summed E-state index contributed by atoms with van der Waals surface area (Å²) in [6.45, 7) is 5.42. The Bertz CT molecular complexity index is 1330. The van der Waals surface area contributed by atoms with E-state index < -0.39 is 36.1 Å². The van der Waals surface area contributed by atoms with Crippen LogP contribution in [-0.2, 0) is 35.1 Å². The summed E-state index contributed by atoms with van der Waals surface area (Å²) < 4.78 is 5.29. The summed E-state index contributed by atoms with van der Waals surface area (Å²) in [7, 11) is 0. The monoisotopic (exact) mass is 604 g/mol. The number of Topliss-reactive ketones (excluding diaryl/α,β-unsaturated/α-hetero) is 3. The Morgan fingerprint density at radius 3 is 2.25 bits per heavy atom. The zero-order valence-corrected chi connectivity index (χ0v) is 25.9. The number of hydrogen-bond acceptors (Lipinski definition) is 7. The topological polar surface area (TPSA) is 133 Å². The summed E-state index contributed by atoms with van der Waals surface area (Å²) in [4.78, 5) is 66.7. The molecule has 2 heterocycles. The first-order valence-corrected chi connectivity index (χ1v) is 15.6. The molecule has 2 aromatic rings. The number of aliphatic hydroxyl groups is 1. The molecule has 0 bridgehead atoms. The van der Waals surface area contributed by atoms with Crippen molar-refractivity contribution in [2.45, 2.75) is 83.4 Å². The number of rotatable bonds is 16. The highest BCUT2D eigenvalue weighted by atomic mass is 16.6. The number of nitrogens with zero attached hydrogens (tertiary/aromatic N) is 1. The molecule has 4 rings (SSSR count). The minimum Gasteiger partial charge on any atom is -0.393 e. The van der Waals surface area contributed by atoms with Crippen LogP contribution in [0.2, 0.25) is 0 Å². The van der Waals surface area contributed by atoms with Gasteiger partial charge in [0.2, 0.25) is 11.8 Å². The van der Waals surface area contributed by atoms with Crippen LogP contribution in [0.25, 0.3) is 11.1 Å². The van der Waals surface area contributed by atoms with Gasteiger partial charge < -0.3 is 24.9 Å². The fourth-order valence-corrected chi connectivity index (χ4v) is 5.92. The minimum absolute atomic E-state index is 0.0600. The van der Waals surface area contributed by atoms with Crippen molar-refractivity contribution in [2.75, 3.05) is 19.8 Å². The number of carbonyl (C=O) groups is 5. The third-order valence-corrected chi connectivity index (χ3v) is 8.53. The zero-order chi connectivity index (χ0) is 31.9. The Morgan fingerprint density at radius 1 is 1.00 bits per heavy atom. The summed E-state index contributed by atoms with van der Waals surface area (Å²) in [6, 6.07) is 16.3. The molecule has 0 radical (unpaired) electrons. The number of ether oxygens (including phenoxy) is 1. The molecule has 0 aliphatic carbocycles. The molecule has 0 saturated carbocycles. The predicted molar refractivity (Wildman–Crippen MR) is 166 cm³/mol. The summed E-state index contributed by atoms with van der Waals surface area (Å²) >= 11 is 0. The molecule has 9 nitrogen and oxygen atoms in total. The normalized spacial score (nSPS) is 20.7. The number of hydrogen-bond donors (Lipinski definition) is 2. The summed E-state index contributed by atoms with van der Waals surface area (Å²) in [5.74, 6) is -2.01. The Labute approximate surface area is 259 Å². The van der Waals surface area contributed by atoms with Gasteiger partial charge in [0.25, 0.3) is 0 Å². The second kappa shape index (κ2) is 14.9. The van der Waals surface area contributed by atoms with Gasteiger partial charge in [0, 0.05) is 31.7 Å². The fourth-order valence-electron chi connectivity index (χ4n) is 5.92. The van der Waals surface area contributed by atoms with E-state index in [4.69, 9.17) is 4.74 Å². The molecule has 0 unspecified atom stereocenters. The molecule has 2 fully saturated rings. The highest BCUT2D eigenvalue weighted by Crippen LogP contribution is 2.31. The van der Waals surface area contributed by atoms with Crippen LogP contribution < -0.4 is 5.32 Å². The molecule has 2 amide bonds. The molecule has 2 aromatic carbocycles. The Hall–Kier alpha value is -3.69. The smallest absolute Gasteiger partial charge is 0.224 e. The van der Waals surface area contributed by atoms with E-state index in [1.807, 2.05) is 68.4 Å². The predicted octanol–water partition coefficient (Wildman–Crippen LogP) is 3.69. The summed E-state index contributed by atoms with van der Waals surface area (Å²) in [5, 5.41) is 12.7. The van der Waals surface area contributed by atoms with Gasteiger partial charge >= 0.3 is 0 Å². The third kappa shape index (κ3) is 8.48. The van der Waals surface area contributed by atoms with E-state index in [-0.39, 0.29) is 61.5 Å². The van der Waals surface area contributed by atoms with E-state index in [0.29, 0.717) is 25.8 Å². The van der Waals surface area contributed by atoms with Crippen molar-refractivity contribution in [1.29, 1.82) is 0 Å². The SMILES string of the molecule is CC(=O)CCC(=O)N1CCC[C@H]1C(=O)C[C@@H](Cc1ccc(-c2ccccc2)cc1)C(=O)N[C@@H](CC(C)C)C(=O)[C@@]1(CO)CO1. The van der Waals surface area contributed by atoms with Gasteiger partial charge in [-0.3, -0.25) is 19.2 Å². The van der Waals surface area contributed by atoms with E-state index in [1.54, 1.807) is 4.90 Å². The van der Waals surface area contributed by atoms with Crippen molar-refractivity contribution in [3.05, 3.63) is 60.2 Å². The average molecular weight is 605 g/mol. The van der Waals surface area contributed by atoms with Crippen molar-refractivity contribution < 1.29 is 33.8 Å². The molecule has 236 valence electrons. The lowest BCUT2D eigenvalue weighted by atomic mass is 9.88. The number of benzene rings is 2. The minimum atomic E-state index is -1.28. The van der Waals surface area contributed by atoms with Crippen LogP contribution >= 0.6 is 0 Å². The van der Waals surface area contributed by atoms with Gasteiger partial charge in [-0.1, -0.05) is 68.4 Å². The van der Waals surface area contributed by atoms with Gasteiger partial charge in [-0.05, 0) is 55.2 Å². The van der Waals surface area contributed by atoms with Crippen LogP contribution in [0.4, 0.5) is 0 Å². The largest absolute Gasteiger partial charge is 0.393 e. The van der Waals surface area contributed by atoms with Gasteiger partial charge in [-0.15, -0.1) is 0 Å². The molecular formula is C35H44N2O7. The van der Waals surface area contributed by atoms with Crippen LogP contribution in [0.5, 0.6) is 0 Å². The number of nitrogens with one attached hydrogen (secondary N) is 1. The maximum absolute atomic E-state index is 13.9. The maximum Gasteiger partial charge on any atom is 0.224 e. The van der Waals surface area contributed by atoms with Gasteiger partial charge in [-0.25, -0.2) is 0 Å². The quantitative estimate of drug-likeness (QED) is 0.279. The average Bonchev–Trinajstić information content (AvgIpc) is 3.66. The van der Waals surface area contributed by atoms with Crippen LogP contribution in [0.1, 0.15) is 64.9 Å². The maximum atomic E-state index is 13.9. The van der Waals surface area contributed by atoms with Gasteiger partial charge in [0.1, 0.15) is 5.78 Å². The number of epoxide rings is 1. The molecule has 2 aliphatic rings. The summed E-state index contributed by atoms with van der Waals surface area (Å²) in [5.41, 5.74) is 1.67. The standard InChI is InChI=1S/C35H44N2O7/c1-23(2)18-29(33(42)35(21-38)22-44-35)36-34(43)28(19-25-12-14-27(15-13-25)26-8-5-4-6-9-26)20-31(40)30-10-7-17-37(30)32(41)16-11-24(3)39/h4-6,8-9,12-15,23,28-30,38H,7,10-11,16-22H2,1-3H3,(H,36,43)/t28-,29+,30+,35-/m1/s1. The molecular weight excluding hydrogens is 560 g/mol. The molecule has 0 aromatic heterocycles. The van der Waals surface area contributed by atoms with Gasteiger partial charge in [0.15, 0.2) is 17.2 Å². The Kier molecular flexibility index (Phi) is 11.2. The Morgan fingerprint density at radius 2 is 1.66 bits per heavy atom. The fraction of sp³-hybridized carbons (Fsp3) is 0.514. The van der Waals surface area contributed by atoms with Crippen LogP contribution in [0.15, 0.2) is 54.6 Å². The summed E-state index contributed by atoms with van der Waals surface area (Å²) in [6.07, 6.45) is 1.90. The number of amides is 2. The molecule has 9 heteroatoms. The number of ketones is 3. The first-order chi connectivity index (χ1) is 21.0. The van der Waals surface area contributed by atoms with E-state index in [9.17, 15) is 29.1 Å². The van der Waals surface area contributed by atoms with Crippen molar-refractivity contribution in [1.82, 2.24) is 10.2 Å². The second-order valence-electron chi connectivity index (χ2n) is 12.6. The van der Waals surface area contributed by atoms with E-state index in [1.165, 1.54) is 6.92 Å². The third-order valence-electron chi connectivity index (χ3n) is 8.53. The first-order valence-electron chi connectivity index (χ1n) is 15.6. The van der Waals surface area contributed by atoms with Crippen molar-refractivity contribution >= 4 is 29.2 Å². The molecule has 44 heavy (non-hydrogen) atoms. The highest BCUT2D eigenvalue weighted by Gasteiger charge is 2.54. The van der Waals surface area contributed by atoms with Crippen molar-refractivity contribution in [2.24, 2.45) is 11.8 Å². The Balaban J connectivity index is 1.54. The van der Waals surface area contributed by atoms with E-state index in [2.05, 4.69) is 5.32 Å². The second-order valence-corrected chi connectivity index (χ2v) is 12.6. The van der Waals surface area contributed by atoms with Crippen LogP contribution in [0, 0.1) is 11.8 Å². The lowest BCUT2D eigenvalue weighted by Gasteiger charge is -2.27. The number of carbonyl (C=O) groups excluding carboxylic acids is 5. The van der Waals surface area contributed by atoms with Crippen LogP contribution in [0.3, 0.4) is 0 Å². The van der Waals surface area contributed by atoms with Crippen molar-refractivity contribution in [3.8, 4) is 11.1 Å². The zero-order valence-electron chi connectivity index (χ0n) is 25.9. The number of aliphatic hydroxyl groups excluding tert-OH is 1. The lowest BCUT2D eigenvalue weighted by Crippen LogP contribution is -2.51. The number of likely N-dealkylation sites (tertiary alicyclic amines) is 1. The lowest BCUT2D eigenvalue weighted by molar-refractivity contribution is -0.140. The molecule has 2 saturated heterocycles. The van der Waals surface area contributed by atoms with Crippen LogP contribution in [-0.4, -0.2) is 76.6 Å². The van der Waals surface area contributed by atoms with Gasteiger partial charge in [-0.2, -0.15) is 0 Å². The molecule has 0 spiro atoms. The first kappa shape index (κ1) is 33.2. The van der Waals surface area contributed by atoms with E-state index >= 15 is 0 Å². The van der Waals surface area contributed by atoms with Gasteiger partial charge in [0.05, 0.1) is 25.3 Å². The molecule has 2 aliphatic heterocycles. The van der Waals surface area contributed by atoms with E-state index in [0.717, 1.165) is 16.7 Å².